The summed E-state index contributed by atoms with van der Waals surface area (Å²) in [6.07, 6.45) is 3.38. The van der Waals surface area contributed by atoms with Gasteiger partial charge in [-0.2, -0.15) is 4.52 Å². The Labute approximate surface area is 156 Å². The first-order chi connectivity index (χ1) is 13.1. The van der Waals surface area contributed by atoms with Crippen molar-refractivity contribution in [2.24, 2.45) is 0 Å². The van der Waals surface area contributed by atoms with Crippen molar-refractivity contribution < 1.29 is 4.39 Å². The summed E-state index contributed by atoms with van der Waals surface area (Å²) in [5.74, 6) is -0.173. The lowest BCUT2D eigenvalue weighted by Crippen LogP contribution is -2.05. The Morgan fingerprint density at radius 2 is 1.81 bits per heavy atom. The highest BCUT2D eigenvalue weighted by molar-refractivity contribution is 6.29. The average molecular weight is 381 g/mol. The molecule has 0 spiro atoms. The fourth-order valence-corrected chi connectivity index (χ4v) is 3.16. The number of rotatable bonds is 2. The number of hydrogen-bond donors (Lipinski definition) is 1. The van der Waals surface area contributed by atoms with Gasteiger partial charge < -0.3 is 5.73 Å². The lowest BCUT2D eigenvalue weighted by atomic mass is 10.1. The third kappa shape index (κ3) is 2.40. The van der Waals surface area contributed by atoms with Crippen molar-refractivity contribution in [3.05, 3.63) is 59.8 Å². The fraction of sp³-hybridized carbons (Fsp3) is 0. The molecule has 0 aliphatic rings. The molecule has 8 nitrogen and oxygen atoms in total. The second kappa shape index (κ2) is 5.71. The van der Waals surface area contributed by atoms with E-state index < -0.39 is 0 Å². The van der Waals surface area contributed by atoms with E-state index in [-0.39, 0.29) is 11.6 Å². The van der Waals surface area contributed by atoms with Crippen LogP contribution in [0.4, 0.5) is 10.2 Å². The van der Waals surface area contributed by atoms with Gasteiger partial charge in [0.2, 0.25) is 5.65 Å². The Kier molecular flexibility index (Phi) is 3.31. The first-order valence-electron chi connectivity index (χ1n) is 7.88. The fourth-order valence-electron chi connectivity index (χ4n) is 2.98. The lowest BCUT2D eigenvalue weighted by Gasteiger charge is -2.12. The summed E-state index contributed by atoms with van der Waals surface area (Å²) >= 11 is 6.20. The highest BCUT2D eigenvalue weighted by Crippen LogP contribution is 2.33. The molecule has 132 valence electrons. The van der Waals surface area contributed by atoms with Gasteiger partial charge in [-0.25, -0.2) is 14.4 Å². The third-order valence-electron chi connectivity index (χ3n) is 4.22. The number of pyridine rings is 1. The predicted molar refractivity (Wildman–Crippen MR) is 97.6 cm³/mol. The van der Waals surface area contributed by atoms with Gasteiger partial charge in [0.25, 0.3) is 0 Å². The van der Waals surface area contributed by atoms with E-state index in [9.17, 15) is 4.39 Å². The molecule has 0 atom stereocenters. The van der Waals surface area contributed by atoms with Crippen LogP contribution >= 0.6 is 11.6 Å². The SMILES string of the molecule is Nc1nc(-c2ccc(F)cc2)c(-c2ccc3ncc(Cl)n3c2)n2nnnc12. The molecule has 0 bridgehead atoms. The molecule has 27 heavy (non-hydrogen) atoms. The number of fused-ring (bicyclic) bond motifs is 2. The molecule has 4 heterocycles. The molecule has 5 rings (SSSR count). The number of benzene rings is 1. The van der Waals surface area contributed by atoms with Gasteiger partial charge in [-0.05, 0) is 46.8 Å². The number of anilines is 1. The molecule has 2 N–H and O–H groups in total. The Balaban J connectivity index is 1.87. The standard InChI is InChI=1S/C17H10ClFN8/c18-12-7-21-13-6-3-10(8-26(12)13)15-14(9-1-4-11(19)5-2-9)22-16(20)17-23-24-25-27(15)17/h1-8H,(H2,20,22). The second-order valence-corrected chi connectivity index (χ2v) is 6.23. The minimum absolute atomic E-state index is 0.171. The van der Waals surface area contributed by atoms with Crippen LogP contribution in [0.2, 0.25) is 5.15 Å². The van der Waals surface area contributed by atoms with Gasteiger partial charge in [0.05, 0.1) is 11.9 Å². The van der Waals surface area contributed by atoms with E-state index in [0.29, 0.717) is 33.4 Å². The number of nitrogen functional groups attached to an aromatic ring is 1. The molecule has 10 heteroatoms. The van der Waals surface area contributed by atoms with Crippen LogP contribution < -0.4 is 5.73 Å². The third-order valence-corrected chi connectivity index (χ3v) is 4.50. The van der Waals surface area contributed by atoms with Crippen LogP contribution in [0.15, 0.2) is 48.8 Å². The highest BCUT2D eigenvalue weighted by atomic mass is 35.5. The molecule has 1 aromatic carbocycles. The van der Waals surface area contributed by atoms with Crippen molar-refractivity contribution in [1.82, 2.24) is 34.4 Å². The summed E-state index contributed by atoms with van der Waals surface area (Å²) in [5.41, 5.74) is 9.58. The number of aromatic nitrogens is 7. The van der Waals surface area contributed by atoms with E-state index in [1.54, 1.807) is 22.7 Å². The van der Waals surface area contributed by atoms with Gasteiger partial charge in [0.15, 0.2) is 5.82 Å². The van der Waals surface area contributed by atoms with E-state index in [2.05, 4.69) is 25.5 Å². The molecule has 0 aliphatic carbocycles. The average Bonchev–Trinajstić information content (AvgIpc) is 3.30. The van der Waals surface area contributed by atoms with E-state index in [0.717, 1.165) is 5.56 Å². The van der Waals surface area contributed by atoms with Crippen LogP contribution in [0.5, 0.6) is 0 Å². The van der Waals surface area contributed by atoms with Crippen molar-refractivity contribution in [2.45, 2.75) is 0 Å². The molecule has 0 saturated heterocycles. The van der Waals surface area contributed by atoms with Gasteiger partial charge in [-0.1, -0.05) is 11.6 Å². The smallest absolute Gasteiger partial charge is 0.222 e. The normalized spacial score (nSPS) is 11.5. The lowest BCUT2D eigenvalue weighted by molar-refractivity contribution is 0.628. The van der Waals surface area contributed by atoms with Crippen LogP contribution in [-0.4, -0.2) is 34.4 Å². The quantitative estimate of drug-likeness (QED) is 0.505. The molecular formula is C17H10ClFN8. The second-order valence-electron chi connectivity index (χ2n) is 5.84. The summed E-state index contributed by atoms with van der Waals surface area (Å²) in [5, 5.41) is 12.2. The zero-order valence-electron chi connectivity index (χ0n) is 13.6. The van der Waals surface area contributed by atoms with Crippen LogP contribution in [0.25, 0.3) is 33.8 Å². The maximum absolute atomic E-state index is 13.4. The Hall–Kier alpha value is -3.59. The molecule has 4 aromatic heterocycles. The van der Waals surface area contributed by atoms with Crippen molar-refractivity contribution in [1.29, 1.82) is 0 Å². The Bertz CT molecular complexity index is 1310. The number of imidazole rings is 1. The van der Waals surface area contributed by atoms with E-state index in [1.165, 1.54) is 16.6 Å². The van der Waals surface area contributed by atoms with Crippen molar-refractivity contribution in [2.75, 3.05) is 5.73 Å². The minimum atomic E-state index is -0.344. The largest absolute Gasteiger partial charge is 0.380 e. The molecule has 5 aromatic rings. The monoisotopic (exact) mass is 380 g/mol. The zero-order chi connectivity index (χ0) is 18.5. The van der Waals surface area contributed by atoms with E-state index >= 15 is 0 Å². The molecule has 0 amide bonds. The molecule has 0 radical (unpaired) electrons. The summed E-state index contributed by atoms with van der Waals surface area (Å²) in [7, 11) is 0. The highest BCUT2D eigenvalue weighted by Gasteiger charge is 2.19. The van der Waals surface area contributed by atoms with E-state index in [4.69, 9.17) is 17.3 Å². The number of halogens is 2. The summed E-state index contributed by atoms with van der Waals surface area (Å²) in [6.45, 7) is 0. The summed E-state index contributed by atoms with van der Waals surface area (Å²) in [4.78, 5) is 8.69. The first kappa shape index (κ1) is 15.6. The molecule has 0 aliphatic heterocycles. The van der Waals surface area contributed by atoms with Gasteiger partial charge in [0.1, 0.15) is 22.3 Å². The van der Waals surface area contributed by atoms with Crippen LogP contribution in [-0.2, 0) is 0 Å². The first-order valence-corrected chi connectivity index (χ1v) is 8.26. The van der Waals surface area contributed by atoms with Crippen molar-refractivity contribution >= 4 is 28.7 Å². The zero-order valence-corrected chi connectivity index (χ0v) is 14.3. The van der Waals surface area contributed by atoms with Crippen LogP contribution in [0, 0.1) is 5.82 Å². The van der Waals surface area contributed by atoms with Crippen LogP contribution in [0.3, 0.4) is 0 Å². The van der Waals surface area contributed by atoms with Crippen molar-refractivity contribution in [3.63, 3.8) is 0 Å². The molecule has 0 saturated carbocycles. The molecular weight excluding hydrogens is 371 g/mol. The van der Waals surface area contributed by atoms with Gasteiger partial charge in [-0.15, -0.1) is 5.10 Å². The predicted octanol–water partition coefficient (Wildman–Crippen LogP) is 2.88. The molecule has 0 unspecified atom stereocenters. The van der Waals surface area contributed by atoms with Crippen molar-refractivity contribution in [3.8, 4) is 22.5 Å². The Morgan fingerprint density at radius 3 is 2.63 bits per heavy atom. The van der Waals surface area contributed by atoms with E-state index in [1.807, 2.05) is 18.3 Å². The summed E-state index contributed by atoms with van der Waals surface area (Å²) in [6, 6.07) is 9.65. The topological polar surface area (TPSA) is 99.3 Å². The number of nitrogens with two attached hydrogens (primary N) is 1. The number of hydrogen-bond acceptors (Lipinski definition) is 6. The Morgan fingerprint density at radius 1 is 1.04 bits per heavy atom. The number of nitrogens with zero attached hydrogens (tertiary/aromatic N) is 7. The van der Waals surface area contributed by atoms with Gasteiger partial charge in [-0.3, -0.25) is 4.40 Å². The van der Waals surface area contributed by atoms with Gasteiger partial charge in [0, 0.05) is 17.3 Å². The van der Waals surface area contributed by atoms with Crippen LogP contribution in [0.1, 0.15) is 0 Å². The van der Waals surface area contributed by atoms with Gasteiger partial charge >= 0.3 is 0 Å². The maximum Gasteiger partial charge on any atom is 0.222 e. The number of tetrazole rings is 1. The summed E-state index contributed by atoms with van der Waals surface area (Å²) < 4.78 is 16.6. The minimum Gasteiger partial charge on any atom is -0.380 e. The maximum atomic E-state index is 13.4. The molecule has 0 fully saturated rings.